The van der Waals surface area contributed by atoms with Crippen molar-refractivity contribution < 1.29 is 12.8 Å². The van der Waals surface area contributed by atoms with E-state index in [0.29, 0.717) is 0 Å². The number of hydrogen-bond acceptors (Lipinski definition) is 3. The van der Waals surface area contributed by atoms with Gasteiger partial charge in [-0.2, -0.15) is 5.10 Å². The van der Waals surface area contributed by atoms with Crippen LogP contribution in [0.2, 0.25) is 0 Å². The molecule has 0 amide bonds. The Morgan fingerprint density at radius 3 is 2.72 bits per heavy atom. The van der Waals surface area contributed by atoms with Crippen molar-refractivity contribution in [1.82, 2.24) is 9.78 Å². The van der Waals surface area contributed by atoms with Crippen LogP contribution in [0.5, 0.6) is 0 Å². The van der Waals surface area contributed by atoms with Gasteiger partial charge in [0.05, 0.1) is 4.47 Å². The van der Waals surface area contributed by atoms with Gasteiger partial charge < -0.3 is 0 Å². The van der Waals surface area contributed by atoms with Gasteiger partial charge in [-0.25, -0.2) is 12.8 Å². The number of halogens is 2. The third kappa shape index (κ3) is 2.54. The first kappa shape index (κ1) is 13.0. The lowest BCUT2D eigenvalue weighted by Gasteiger charge is -2.07. The number of anilines is 1. The van der Waals surface area contributed by atoms with Crippen molar-refractivity contribution in [2.24, 2.45) is 7.05 Å². The number of rotatable bonds is 3. The Bertz CT molecular complexity index is 684. The highest BCUT2D eigenvalue weighted by Gasteiger charge is 2.21. The lowest BCUT2D eigenvalue weighted by Crippen LogP contribution is -2.15. The molecule has 0 unspecified atom stereocenters. The molecule has 1 aromatic carbocycles. The number of benzene rings is 1. The summed E-state index contributed by atoms with van der Waals surface area (Å²) in [6, 6.07) is 5.54. The van der Waals surface area contributed by atoms with E-state index in [-0.39, 0.29) is 10.3 Å². The van der Waals surface area contributed by atoms with Gasteiger partial charge in [-0.15, -0.1) is 0 Å². The molecule has 0 aliphatic heterocycles. The van der Waals surface area contributed by atoms with Crippen molar-refractivity contribution in [1.29, 1.82) is 0 Å². The molecular weight excluding hydrogens is 325 g/mol. The van der Waals surface area contributed by atoms with Gasteiger partial charge in [0.2, 0.25) is 0 Å². The van der Waals surface area contributed by atoms with Crippen LogP contribution in [0.3, 0.4) is 0 Å². The molecule has 2 rings (SSSR count). The van der Waals surface area contributed by atoms with Crippen LogP contribution in [-0.4, -0.2) is 18.2 Å². The monoisotopic (exact) mass is 333 g/mol. The smallest absolute Gasteiger partial charge is 0.266 e. The van der Waals surface area contributed by atoms with Gasteiger partial charge in [-0.1, -0.05) is 6.07 Å². The third-order valence-corrected chi connectivity index (χ3v) is 4.14. The van der Waals surface area contributed by atoms with Gasteiger partial charge in [0.15, 0.2) is 11.6 Å². The second-order valence-corrected chi connectivity index (χ2v) is 6.04. The molecule has 0 radical (unpaired) electrons. The zero-order valence-electron chi connectivity index (χ0n) is 9.26. The zero-order valence-corrected chi connectivity index (χ0v) is 11.7. The van der Waals surface area contributed by atoms with Gasteiger partial charge in [-0.3, -0.25) is 9.40 Å². The van der Waals surface area contributed by atoms with E-state index < -0.39 is 20.7 Å². The van der Waals surface area contributed by atoms with Crippen LogP contribution in [0.1, 0.15) is 0 Å². The predicted octanol–water partition coefficient (Wildman–Crippen LogP) is 2.12. The van der Waals surface area contributed by atoms with Gasteiger partial charge in [0.1, 0.15) is 4.90 Å². The van der Waals surface area contributed by atoms with E-state index >= 15 is 0 Å². The van der Waals surface area contributed by atoms with Crippen molar-refractivity contribution in [3.05, 3.63) is 40.8 Å². The summed E-state index contributed by atoms with van der Waals surface area (Å²) in [5.41, 5.74) is 0. The molecule has 0 saturated heterocycles. The first-order chi connectivity index (χ1) is 8.40. The standard InChI is InChI=1S/C10H9BrFN3O2S/c1-15-6-5-9(13-15)14-18(16,17)8-4-2-3-7(11)10(8)12/h2-6H,1H3,(H,13,14). The maximum absolute atomic E-state index is 13.7. The van der Waals surface area contributed by atoms with E-state index in [9.17, 15) is 12.8 Å². The predicted molar refractivity (Wildman–Crippen MR) is 68.1 cm³/mol. The van der Waals surface area contributed by atoms with Crippen molar-refractivity contribution in [2.45, 2.75) is 4.90 Å². The van der Waals surface area contributed by atoms with Crippen LogP contribution in [0.4, 0.5) is 10.2 Å². The van der Waals surface area contributed by atoms with E-state index in [1.54, 1.807) is 13.2 Å². The molecule has 0 atom stereocenters. The first-order valence-electron chi connectivity index (χ1n) is 4.86. The van der Waals surface area contributed by atoms with Gasteiger partial charge in [0, 0.05) is 19.3 Å². The maximum atomic E-state index is 13.7. The Hall–Kier alpha value is -1.41. The van der Waals surface area contributed by atoms with Gasteiger partial charge in [-0.05, 0) is 28.1 Å². The second kappa shape index (κ2) is 4.69. The summed E-state index contributed by atoms with van der Waals surface area (Å²) in [6.45, 7) is 0. The molecule has 0 fully saturated rings. The van der Waals surface area contributed by atoms with E-state index in [1.165, 1.54) is 28.9 Å². The average molecular weight is 334 g/mol. The Labute approximate surface area is 112 Å². The molecule has 96 valence electrons. The lowest BCUT2D eigenvalue weighted by atomic mass is 10.3. The highest BCUT2D eigenvalue weighted by atomic mass is 79.9. The summed E-state index contributed by atoms with van der Waals surface area (Å²) < 4.78 is 41.4. The van der Waals surface area contributed by atoms with Crippen LogP contribution < -0.4 is 4.72 Å². The molecule has 18 heavy (non-hydrogen) atoms. The van der Waals surface area contributed by atoms with Crippen LogP contribution >= 0.6 is 15.9 Å². The summed E-state index contributed by atoms with van der Waals surface area (Å²) in [5, 5.41) is 3.87. The minimum Gasteiger partial charge on any atom is -0.274 e. The summed E-state index contributed by atoms with van der Waals surface area (Å²) in [7, 11) is -2.33. The van der Waals surface area contributed by atoms with E-state index in [4.69, 9.17) is 0 Å². The summed E-state index contributed by atoms with van der Waals surface area (Å²) in [6.07, 6.45) is 1.58. The molecular formula is C10H9BrFN3O2S. The summed E-state index contributed by atoms with van der Waals surface area (Å²) in [5.74, 6) is -0.696. The van der Waals surface area contributed by atoms with Crippen LogP contribution in [0.25, 0.3) is 0 Å². The Morgan fingerprint density at radius 1 is 1.39 bits per heavy atom. The summed E-state index contributed by atoms with van der Waals surface area (Å²) in [4.78, 5) is -0.428. The molecule has 2 aromatic rings. The fraction of sp³-hybridized carbons (Fsp3) is 0.100. The number of nitrogens with one attached hydrogen (secondary N) is 1. The number of nitrogens with zero attached hydrogens (tertiary/aromatic N) is 2. The maximum Gasteiger partial charge on any atom is 0.266 e. The summed E-state index contributed by atoms with van der Waals surface area (Å²) >= 11 is 2.94. The minimum absolute atomic E-state index is 0.0893. The van der Waals surface area contributed by atoms with Crippen LogP contribution in [-0.2, 0) is 17.1 Å². The molecule has 0 saturated carbocycles. The number of aromatic nitrogens is 2. The van der Waals surface area contributed by atoms with E-state index in [1.807, 2.05) is 0 Å². The van der Waals surface area contributed by atoms with E-state index in [0.717, 1.165) is 0 Å². The van der Waals surface area contributed by atoms with E-state index in [2.05, 4.69) is 25.8 Å². The molecule has 8 heteroatoms. The van der Waals surface area contributed by atoms with Crippen molar-refractivity contribution in [3.8, 4) is 0 Å². The molecule has 5 nitrogen and oxygen atoms in total. The Kier molecular flexibility index (Phi) is 3.40. The third-order valence-electron chi connectivity index (χ3n) is 2.16. The lowest BCUT2D eigenvalue weighted by molar-refractivity contribution is 0.566. The van der Waals surface area contributed by atoms with Crippen LogP contribution in [0.15, 0.2) is 39.8 Å². The fourth-order valence-corrected chi connectivity index (χ4v) is 2.95. The molecule has 0 aliphatic carbocycles. The minimum atomic E-state index is -3.98. The molecule has 0 spiro atoms. The normalized spacial score (nSPS) is 11.5. The topological polar surface area (TPSA) is 64.0 Å². The SMILES string of the molecule is Cn1ccc(NS(=O)(=O)c2cccc(Br)c2F)n1. The first-order valence-corrected chi connectivity index (χ1v) is 7.14. The van der Waals surface area contributed by atoms with Gasteiger partial charge >= 0.3 is 0 Å². The highest BCUT2D eigenvalue weighted by Crippen LogP contribution is 2.23. The number of aryl methyl sites for hydroxylation is 1. The molecule has 1 aromatic heterocycles. The number of sulfonamides is 1. The van der Waals surface area contributed by atoms with Crippen molar-refractivity contribution in [2.75, 3.05) is 4.72 Å². The molecule has 0 aliphatic rings. The Morgan fingerprint density at radius 2 is 2.11 bits per heavy atom. The van der Waals surface area contributed by atoms with Crippen molar-refractivity contribution in [3.63, 3.8) is 0 Å². The molecule has 0 bridgehead atoms. The average Bonchev–Trinajstić information content (AvgIpc) is 2.67. The molecule has 1 N–H and O–H groups in total. The van der Waals surface area contributed by atoms with Crippen molar-refractivity contribution >= 4 is 31.8 Å². The van der Waals surface area contributed by atoms with Crippen LogP contribution in [0, 0.1) is 5.82 Å². The second-order valence-electron chi connectivity index (χ2n) is 3.53. The zero-order chi connectivity index (χ0) is 13.3. The molecule has 1 heterocycles. The highest BCUT2D eigenvalue weighted by molar-refractivity contribution is 9.10. The fourth-order valence-electron chi connectivity index (χ4n) is 1.35. The quantitative estimate of drug-likeness (QED) is 0.935. The Balaban J connectivity index is 2.40. The number of hydrogen-bond donors (Lipinski definition) is 1. The van der Waals surface area contributed by atoms with Gasteiger partial charge in [0.25, 0.3) is 10.0 Å². The largest absolute Gasteiger partial charge is 0.274 e.